The molecule has 2 saturated heterocycles. The third-order valence-electron chi connectivity index (χ3n) is 8.26. The minimum absolute atomic E-state index is 0.0242. The van der Waals surface area contributed by atoms with Gasteiger partial charge in [-0.2, -0.15) is 0 Å². The largest absolute Gasteiger partial charge is 0.393 e. The van der Waals surface area contributed by atoms with Crippen LogP contribution in [0.25, 0.3) is 6.08 Å². The Labute approximate surface area is 156 Å². The standard InChI is InChI=1S/C23H30O3/c1-20(2)14-19-22(13-17(20)24,12-9-16-7-5-4-6-8-16)21(3)11-10-18(26-19)23(21)15-25-23/h4-9,12,17-19,24H,10-11,13-15H2,1-3H3/b12-9+/t17-,18+,19+,21+,22-,23-/m0/s1. The molecule has 2 heterocycles. The number of rotatable bonds is 2. The summed E-state index contributed by atoms with van der Waals surface area (Å²) in [5, 5.41) is 11.0. The molecular formula is C23H30O3. The molecule has 2 saturated carbocycles. The van der Waals surface area contributed by atoms with Gasteiger partial charge < -0.3 is 14.6 Å². The van der Waals surface area contributed by atoms with Crippen molar-refractivity contribution in [3.05, 3.63) is 42.0 Å². The van der Waals surface area contributed by atoms with E-state index >= 15 is 0 Å². The van der Waals surface area contributed by atoms with Crippen molar-refractivity contribution in [2.75, 3.05) is 6.61 Å². The third kappa shape index (κ3) is 2.00. The molecule has 2 aliphatic heterocycles. The number of aliphatic hydroxyl groups excluding tert-OH is 1. The van der Waals surface area contributed by atoms with Crippen molar-refractivity contribution >= 4 is 6.08 Å². The first-order chi connectivity index (χ1) is 12.3. The summed E-state index contributed by atoms with van der Waals surface area (Å²) in [5.74, 6) is 0. The first-order valence-corrected chi connectivity index (χ1v) is 10.0. The van der Waals surface area contributed by atoms with Crippen molar-refractivity contribution in [1.29, 1.82) is 0 Å². The highest BCUT2D eigenvalue weighted by Crippen LogP contribution is 2.73. The molecule has 1 spiro atoms. The zero-order chi connectivity index (χ0) is 18.2. The zero-order valence-corrected chi connectivity index (χ0v) is 16.1. The van der Waals surface area contributed by atoms with E-state index in [1.807, 2.05) is 6.07 Å². The van der Waals surface area contributed by atoms with Crippen LogP contribution in [0.1, 0.15) is 52.0 Å². The van der Waals surface area contributed by atoms with Crippen LogP contribution in [0.4, 0.5) is 0 Å². The van der Waals surface area contributed by atoms with Crippen molar-refractivity contribution in [1.82, 2.24) is 0 Å². The van der Waals surface area contributed by atoms with Gasteiger partial charge in [0.05, 0.1) is 24.9 Å². The average molecular weight is 354 g/mol. The van der Waals surface area contributed by atoms with Gasteiger partial charge in [0.2, 0.25) is 0 Å². The molecule has 1 aromatic rings. The van der Waals surface area contributed by atoms with E-state index in [0.29, 0.717) is 0 Å². The monoisotopic (exact) mass is 354 g/mol. The van der Waals surface area contributed by atoms with Crippen molar-refractivity contribution in [2.45, 2.75) is 70.4 Å². The molecule has 5 rings (SSSR count). The van der Waals surface area contributed by atoms with Crippen molar-refractivity contribution < 1.29 is 14.6 Å². The van der Waals surface area contributed by atoms with Crippen LogP contribution < -0.4 is 0 Å². The molecule has 0 amide bonds. The molecule has 0 radical (unpaired) electrons. The normalized spacial score (nSPS) is 48.7. The van der Waals surface area contributed by atoms with Crippen LogP contribution in [-0.2, 0) is 9.47 Å². The summed E-state index contributed by atoms with van der Waals surface area (Å²) in [6.07, 6.45) is 8.49. The highest BCUT2D eigenvalue weighted by atomic mass is 16.6. The lowest BCUT2D eigenvalue weighted by molar-refractivity contribution is -0.236. The van der Waals surface area contributed by atoms with E-state index in [4.69, 9.17) is 9.47 Å². The van der Waals surface area contributed by atoms with Crippen LogP contribution in [0.5, 0.6) is 0 Å². The minimum Gasteiger partial charge on any atom is -0.393 e. The van der Waals surface area contributed by atoms with Crippen LogP contribution in [0, 0.1) is 16.2 Å². The van der Waals surface area contributed by atoms with Gasteiger partial charge in [-0.15, -0.1) is 0 Å². The SMILES string of the molecule is CC1(C)C[C@H]2O[C@@H]3CC[C@](C)([C@@]2(/C=C/c2ccccc2)C[C@@H]1O)[C@]31CO1. The summed E-state index contributed by atoms with van der Waals surface area (Å²) in [6.45, 7) is 7.55. The van der Waals surface area contributed by atoms with E-state index in [2.05, 4.69) is 57.2 Å². The van der Waals surface area contributed by atoms with Crippen LogP contribution in [0.2, 0.25) is 0 Å². The number of hydrogen-bond acceptors (Lipinski definition) is 3. The molecule has 4 aliphatic rings. The Bertz CT molecular complexity index is 735. The molecule has 26 heavy (non-hydrogen) atoms. The molecule has 140 valence electrons. The first-order valence-electron chi connectivity index (χ1n) is 10.0. The topological polar surface area (TPSA) is 42.0 Å². The second kappa shape index (κ2) is 5.21. The number of hydrogen-bond donors (Lipinski definition) is 1. The van der Waals surface area contributed by atoms with Gasteiger partial charge in [-0.1, -0.05) is 63.3 Å². The molecule has 2 bridgehead atoms. The zero-order valence-electron chi connectivity index (χ0n) is 16.1. The fraction of sp³-hybridized carbons (Fsp3) is 0.652. The van der Waals surface area contributed by atoms with Gasteiger partial charge in [0.15, 0.2) is 0 Å². The fourth-order valence-electron chi connectivity index (χ4n) is 6.25. The fourth-order valence-corrected chi connectivity index (χ4v) is 6.25. The number of aliphatic hydroxyl groups is 1. The van der Waals surface area contributed by atoms with Crippen LogP contribution in [0.3, 0.4) is 0 Å². The highest BCUT2D eigenvalue weighted by molar-refractivity contribution is 5.51. The predicted molar refractivity (Wildman–Crippen MR) is 102 cm³/mol. The first kappa shape index (κ1) is 17.0. The average Bonchev–Trinajstić information content (AvgIpc) is 3.37. The Kier molecular flexibility index (Phi) is 3.40. The van der Waals surface area contributed by atoms with E-state index in [1.165, 1.54) is 5.56 Å². The van der Waals surface area contributed by atoms with Gasteiger partial charge in [0.1, 0.15) is 5.60 Å². The lowest BCUT2D eigenvalue weighted by atomic mass is 9.48. The lowest BCUT2D eigenvalue weighted by Gasteiger charge is -2.61. The molecule has 3 nitrogen and oxygen atoms in total. The summed E-state index contributed by atoms with van der Waals surface area (Å²) in [5.41, 5.74) is 0.803. The Balaban J connectivity index is 1.62. The maximum Gasteiger partial charge on any atom is 0.124 e. The summed E-state index contributed by atoms with van der Waals surface area (Å²) < 4.78 is 12.8. The molecular weight excluding hydrogens is 324 g/mol. The van der Waals surface area contributed by atoms with Gasteiger partial charge in [-0.05, 0) is 36.7 Å². The summed E-state index contributed by atoms with van der Waals surface area (Å²) in [6, 6.07) is 10.5. The number of fused-ring (bicyclic) bond motifs is 2. The van der Waals surface area contributed by atoms with Crippen LogP contribution in [-0.4, -0.2) is 35.6 Å². The quantitative estimate of drug-likeness (QED) is 0.809. The maximum atomic E-state index is 11.0. The van der Waals surface area contributed by atoms with Crippen molar-refractivity contribution in [3.63, 3.8) is 0 Å². The van der Waals surface area contributed by atoms with E-state index < -0.39 is 0 Å². The van der Waals surface area contributed by atoms with Crippen LogP contribution >= 0.6 is 0 Å². The Morgan fingerprint density at radius 2 is 1.81 bits per heavy atom. The lowest BCUT2D eigenvalue weighted by Crippen LogP contribution is -2.66. The van der Waals surface area contributed by atoms with Crippen LogP contribution in [0.15, 0.2) is 36.4 Å². The molecule has 1 N–H and O–H groups in total. The molecule has 1 aromatic carbocycles. The van der Waals surface area contributed by atoms with Crippen molar-refractivity contribution in [2.24, 2.45) is 16.2 Å². The van der Waals surface area contributed by atoms with Gasteiger partial charge in [-0.25, -0.2) is 0 Å². The smallest absolute Gasteiger partial charge is 0.124 e. The number of ether oxygens (including phenoxy) is 2. The number of benzene rings is 1. The summed E-state index contributed by atoms with van der Waals surface area (Å²) >= 11 is 0. The number of epoxide rings is 1. The maximum absolute atomic E-state index is 11.0. The highest BCUT2D eigenvalue weighted by Gasteiger charge is 2.79. The molecule has 4 fully saturated rings. The van der Waals surface area contributed by atoms with E-state index in [1.54, 1.807) is 0 Å². The third-order valence-corrected chi connectivity index (χ3v) is 8.26. The van der Waals surface area contributed by atoms with Gasteiger partial charge in [-0.3, -0.25) is 0 Å². The van der Waals surface area contributed by atoms with E-state index in [0.717, 1.165) is 32.3 Å². The molecule has 2 aliphatic carbocycles. The van der Waals surface area contributed by atoms with E-state index in [-0.39, 0.29) is 40.2 Å². The van der Waals surface area contributed by atoms with Gasteiger partial charge in [0.25, 0.3) is 0 Å². The summed E-state index contributed by atoms with van der Waals surface area (Å²) in [7, 11) is 0. The molecule has 6 atom stereocenters. The minimum atomic E-state index is -0.326. The van der Waals surface area contributed by atoms with Gasteiger partial charge >= 0.3 is 0 Å². The molecule has 3 heteroatoms. The second-order valence-electron chi connectivity index (χ2n) is 9.86. The van der Waals surface area contributed by atoms with Crippen molar-refractivity contribution in [3.8, 4) is 0 Å². The van der Waals surface area contributed by atoms with E-state index in [9.17, 15) is 5.11 Å². The van der Waals surface area contributed by atoms with Gasteiger partial charge in [0, 0.05) is 10.8 Å². The summed E-state index contributed by atoms with van der Waals surface area (Å²) in [4.78, 5) is 0. The second-order valence-corrected chi connectivity index (χ2v) is 9.86. The molecule has 0 aromatic heterocycles. The molecule has 0 unspecified atom stereocenters. The Hall–Kier alpha value is -1.16. The predicted octanol–water partition coefficient (Wildman–Crippen LogP) is 4.20. The Morgan fingerprint density at radius 1 is 1.08 bits per heavy atom. The Morgan fingerprint density at radius 3 is 2.50 bits per heavy atom.